The van der Waals surface area contributed by atoms with Crippen molar-refractivity contribution in [2.75, 3.05) is 11.0 Å². The summed E-state index contributed by atoms with van der Waals surface area (Å²) in [5.74, 6) is -1.02. The number of para-hydroxylation sites is 1. The van der Waals surface area contributed by atoms with Crippen molar-refractivity contribution in [3.8, 4) is 0 Å². The number of primary amides is 1. The molecule has 2 rings (SSSR count). The van der Waals surface area contributed by atoms with E-state index >= 15 is 0 Å². The molecule has 90 valence electrons. The first-order valence-electron chi connectivity index (χ1n) is 4.67. The van der Waals surface area contributed by atoms with Crippen LogP contribution in [0, 0.1) is 0 Å². The lowest BCUT2D eigenvalue weighted by atomic mass is 10.2. The van der Waals surface area contributed by atoms with Crippen LogP contribution in [0.25, 0.3) is 11.0 Å². The zero-order valence-electron chi connectivity index (χ0n) is 8.93. The van der Waals surface area contributed by atoms with Gasteiger partial charge in [0.25, 0.3) is 5.91 Å². The number of rotatable bonds is 3. The van der Waals surface area contributed by atoms with Crippen LogP contribution in [0.15, 0.2) is 28.7 Å². The monoisotopic (exact) mass is 254 g/mol. The molecule has 0 spiro atoms. The Labute approximate surface area is 97.4 Å². The number of carbonyl (C=O) groups is 1. The lowest BCUT2D eigenvalue weighted by Crippen LogP contribution is -2.16. The minimum absolute atomic E-state index is 0.0793. The molecule has 1 amide bonds. The standard InChI is InChI=1S/C10H10N2O4S/c1-17(14,15)12-8-6-4-2-3-5-7(6)16-9(8)10(11)13/h2-5,12H,1H3,(H2,11,13). The molecule has 1 heterocycles. The number of nitrogens with one attached hydrogen (secondary N) is 1. The van der Waals surface area contributed by atoms with E-state index in [1.807, 2.05) is 0 Å². The minimum atomic E-state index is -3.51. The number of sulfonamides is 1. The summed E-state index contributed by atoms with van der Waals surface area (Å²) in [6, 6.07) is 6.67. The fourth-order valence-corrected chi connectivity index (χ4v) is 2.08. The summed E-state index contributed by atoms with van der Waals surface area (Å²) in [7, 11) is -3.51. The highest BCUT2D eigenvalue weighted by Gasteiger charge is 2.20. The van der Waals surface area contributed by atoms with Crippen LogP contribution in [-0.2, 0) is 10.0 Å². The van der Waals surface area contributed by atoms with Crippen molar-refractivity contribution in [3.05, 3.63) is 30.0 Å². The summed E-state index contributed by atoms with van der Waals surface area (Å²) < 4.78 is 29.9. The van der Waals surface area contributed by atoms with E-state index in [1.165, 1.54) is 0 Å². The molecule has 0 fully saturated rings. The van der Waals surface area contributed by atoms with Crippen LogP contribution in [0.2, 0.25) is 0 Å². The molecule has 0 atom stereocenters. The summed E-state index contributed by atoms with van der Waals surface area (Å²) in [4.78, 5) is 11.2. The molecule has 0 unspecified atom stereocenters. The van der Waals surface area contributed by atoms with E-state index in [0.717, 1.165) is 6.26 Å². The fourth-order valence-electron chi connectivity index (χ4n) is 1.51. The maximum absolute atomic E-state index is 11.2. The third-order valence-corrected chi connectivity index (χ3v) is 2.68. The molecule has 7 heteroatoms. The van der Waals surface area contributed by atoms with Crippen molar-refractivity contribution in [1.82, 2.24) is 0 Å². The van der Waals surface area contributed by atoms with E-state index < -0.39 is 15.9 Å². The van der Waals surface area contributed by atoms with Gasteiger partial charge in [-0.3, -0.25) is 9.52 Å². The van der Waals surface area contributed by atoms with Crippen molar-refractivity contribution in [2.45, 2.75) is 0 Å². The van der Waals surface area contributed by atoms with Gasteiger partial charge in [-0.1, -0.05) is 12.1 Å². The Morgan fingerprint density at radius 2 is 2.00 bits per heavy atom. The largest absolute Gasteiger partial charge is 0.449 e. The van der Waals surface area contributed by atoms with E-state index in [1.54, 1.807) is 24.3 Å². The number of fused-ring (bicyclic) bond motifs is 1. The van der Waals surface area contributed by atoms with Gasteiger partial charge in [0, 0.05) is 5.39 Å². The molecule has 6 nitrogen and oxygen atoms in total. The smallest absolute Gasteiger partial charge is 0.286 e. The Morgan fingerprint density at radius 3 is 2.59 bits per heavy atom. The van der Waals surface area contributed by atoms with Crippen molar-refractivity contribution < 1.29 is 17.6 Å². The number of anilines is 1. The molecule has 0 bridgehead atoms. The summed E-state index contributed by atoms with van der Waals surface area (Å²) in [5.41, 5.74) is 5.60. The first kappa shape index (κ1) is 11.5. The number of amides is 1. The van der Waals surface area contributed by atoms with Gasteiger partial charge < -0.3 is 10.2 Å². The zero-order chi connectivity index (χ0) is 12.6. The van der Waals surface area contributed by atoms with Gasteiger partial charge in [-0.15, -0.1) is 0 Å². The summed E-state index contributed by atoms with van der Waals surface area (Å²) in [6.07, 6.45) is 0.986. The summed E-state index contributed by atoms with van der Waals surface area (Å²) in [6.45, 7) is 0. The van der Waals surface area contributed by atoms with Crippen molar-refractivity contribution in [1.29, 1.82) is 0 Å². The lowest BCUT2D eigenvalue weighted by Gasteiger charge is -2.02. The van der Waals surface area contributed by atoms with Gasteiger partial charge in [0.15, 0.2) is 0 Å². The lowest BCUT2D eigenvalue weighted by molar-refractivity contribution is 0.0977. The second-order valence-electron chi connectivity index (χ2n) is 3.54. The molecule has 1 aromatic carbocycles. The normalized spacial score (nSPS) is 11.6. The molecule has 3 N–H and O–H groups in total. The van der Waals surface area contributed by atoms with Crippen molar-refractivity contribution in [3.63, 3.8) is 0 Å². The van der Waals surface area contributed by atoms with Crippen LogP contribution in [0.1, 0.15) is 10.6 Å². The van der Waals surface area contributed by atoms with Crippen LogP contribution >= 0.6 is 0 Å². The number of hydrogen-bond acceptors (Lipinski definition) is 4. The highest BCUT2D eigenvalue weighted by molar-refractivity contribution is 7.92. The third-order valence-electron chi connectivity index (χ3n) is 2.11. The Kier molecular flexibility index (Phi) is 2.55. The average molecular weight is 254 g/mol. The number of hydrogen-bond donors (Lipinski definition) is 2. The predicted molar refractivity (Wildman–Crippen MR) is 63.2 cm³/mol. The van der Waals surface area contributed by atoms with E-state index in [2.05, 4.69) is 4.72 Å². The number of nitrogens with two attached hydrogens (primary N) is 1. The van der Waals surface area contributed by atoms with Gasteiger partial charge in [-0.2, -0.15) is 0 Å². The van der Waals surface area contributed by atoms with Gasteiger partial charge >= 0.3 is 0 Å². The highest BCUT2D eigenvalue weighted by atomic mass is 32.2. The third kappa shape index (κ3) is 2.23. The number of benzene rings is 1. The Hall–Kier alpha value is -2.02. The van der Waals surface area contributed by atoms with Crippen LogP contribution in [0.3, 0.4) is 0 Å². The molecule has 0 saturated carbocycles. The van der Waals surface area contributed by atoms with E-state index in [9.17, 15) is 13.2 Å². The maximum Gasteiger partial charge on any atom is 0.286 e. The molecule has 0 aliphatic heterocycles. The molecule has 0 radical (unpaired) electrons. The molecule has 0 saturated heterocycles. The van der Waals surface area contributed by atoms with Gasteiger partial charge in [-0.05, 0) is 12.1 Å². The molecular weight excluding hydrogens is 244 g/mol. The second-order valence-corrected chi connectivity index (χ2v) is 5.29. The first-order chi connectivity index (χ1) is 7.88. The van der Waals surface area contributed by atoms with Crippen LogP contribution in [0.4, 0.5) is 5.69 Å². The topological polar surface area (TPSA) is 102 Å². The Bertz CT molecular complexity index is 687. The quantitative estimate of drug-likeness (QED) is 0.849. The molecule has 0 aliphatic carbocycles. The summed E-state index contributed by atoms with van der Waals surface area (Å²) >= 11 is 0. The molecule has 1 aromatic heterocycles. The van der Waals surface area contributed by atoms with Crippen LogP contribution < -0.4 is 10.5 Å². The van der Waals surface area contributed by atoms with Crippen LogP contribution in [0.5, 0.6) is 0 Å². The van der Waals surface area contributed by atoms with Gasteiger partial charge in [-0.25, -0.2) is 8.42 Å². The Balaban J connectivity index is 2.72. The highest BCUT2D eigenvalue weighted by Crippen LogP contribution is 2.30. The van der Waals surface area contributed by atoms with Crippen molar-refractivity contribution in [2.24, 2.45) is 5.73 Å². The van der Waals surface area contributed by atoms with Crippen LogP contribution in [-0.4, -0.2) is 20.6 Å². The Morgan fingerprint density at radius 1 is 1.35 bits per heavy atom. The minimum Gasteiger partial charge on any atom is -0.449 e. The molecule has 2 aromatic rings. The van der Waals surface area contributed by atoms with E-state index in [0.29, 0.717) is 11.0 Å². The number of furan rings is 1. The maximum atomic E-state index is 11.2. The average Bonchev–Trinajstić information content (AvgIpc) is 2.55. The molecule has 0 aliphatic rings. The predicted octanol–water partition coefficient (Wildman–Crippen LogP) is 0.903. The second kappa shape index (κ2) is 3.77. The van der Waals surface area contributed by atoms with E-state index in [4.69, 9.17) is 10.2 Å². The molecule has 17 heavy (non-hydrogen) atoms. The van der Waals surface area contributed by atoms with Gasteiger partial charge in [0.2, 0.25) is 15.8 Å². The fraction of sp³-hybridized carbons (Fsp3) is 0.100. The van der Waals surface area contributed by atoms with Gasteiger partial charge in [0.05, 0.1) is 6.26 Å². The first-order valence-corrected chi connectivity index (χ1v) is 6.57. The van der Waals surface area contributed by atoms with E-state index in [-0.39, 0.29) is 11.4 Å². The SMILES string of the molecule is CS(=O)(=O)Nc1c(C(N)=O)oc2ccccc12. The number of carbonyl (C=O) groups excluding carboxylic acids is 1. The molecular formula is C10H10N2O4S. The van der Waals surface area contributed by atoms with Gasteiger partial charge in [0.1, 0.15) is 11.3 Å². The van der Waals surface area contributed by atoms with Crippen molar-refractivity contribution >= 4 is 32.6 Å². The summed E-state index contributed by atoms with van der Waals surface area (Å²) in [5, 5.41) is 0.492. The zero-order valence-corrected chi connectivity index (χ0v) is 9.74.